The maximum Gasteiger partial charge on any atom is 0.239 e. The van der Waals surface area contributed by atoms with Gasteiger partial charge in [0.15, 0.2) is 0 Å². The van der Waals surface area contributed by atoms with Crippen LogP contribution in [0.25, 0.3) is 0 Å². The summed E-state index contributed by atoms with van der Waals surface area (Å²) in [6, 6.07) is -0.493. The number of hydrogen-bond donors (Lipinski definition) is 1. The Morgan fingerprint density at radius 2 is 2.30 bits per heavy atom. The number of amides is 1. The van der Waals surface area contributed by atoms with E-state index in [0.29, 0.717) is 0 Å². The topological polar surface area (TPSA) is 46.3 Å². The van der Waals surface area contributed by atoms with Crippen molar-refractivity contribution < 1.29 is 9.18 Å². The molecule has 0 aromatic heterocycles. The highest BCUT2D eigenvalue weighted by Gasteiger charge is 2.31. The fourth-order valence-corrected chi connectivity index (χ4v) is 0.893. The molecule has 1 rings (SSSR count). The molecule has 58 valence electrons. The molecule has 1 atom stereocenters. The largest absolute Gasteiger partial charge is 0.335 e. The lowest BCUT2D eigenvalue weighted by molar-refractivity contribution is -0.139. The number of nitrogens with two attached hydrogens (primary N) is 1. The van der Waals surface area contributed by atoms with E-state index in [9.17, 15) is 9.18 Å². The Hall–Kier alpha value is -0.640. The van der Waals surface area contributed by atoms with Crippen LogP contribution in [0.15, 0.2) is 0 Å². The molecule has 2 N–H and O–H groups in total. The van der Waals surface area contributed by atoms with Gasteiger partial charge in [0.1, 0.15) is 6.17 Å². The smallest absolute Gasteiger partial charge is 0.239 e. The van der Waals surface area contributed by atoms with Crippen molar-refractivity contribution in [2.75, 3.05) is 13.1 Å². The second-order valence-corrected chi connectivity index (χ2v) is 2.63. The Labute approximate surface area is 59.0 Å². The summed E-state index contributed by atoms with van der Waals surface area (Å²) < 4.78 is 12.2. The molecule has 0 aliphatic carbocycles. The van der Waals surface area contributed by atoms with Gasteiger partial charge < -0.3 is 10.6 Å². The van der Waals surface area contributed by atoms with Crippen molar-refractivity contribution in [3.8, 4) is 0 Å². The van der Waals surface area contributed by atoms with E-state index in [1.165, 1.54) is 4.90 Å². The third-order valence-corrected chi connectivity index (χ3v) is 1.54. The van der Waals surface area contributed by atoms with Gasteiger partial charge in [-0.2, -0.15) is 0 Å². The molecule has 1 aliphatic heterocycles. The quantitative estimate of drug-likeness (QED) is 0.542. The van der Waals surface area contributed by atoms with Gasteiger partial charge in [0.2, 0.25) is 5.91 Å². The molecule has 4 heteroatoms. The molecule has 3 nitrogen and oxygen atoms in total. The summed E-state index contributed by atoms with van der Waals surface area (Å²) in [5, 5.41) is 0. The minimum Gasteiger partial charge on any atom is -0.335 e. The maximum absolute atomic E-state index is 12.2. The second-order valence-electron chi connectivity index (χ2n) is 2.63. The van der Waals surface area contributed by atoms with E-state index >= 15 is 0 Å². The van der Waals surface area contributed by atoms with Crippen LogP contribution in [-0.4, -0.2) is 36.1 Å². The fourth-order valence-electron chi connectivity index (χ4n) is 0.893. The van der Waals surface area contributed by atoms with E-state index in [1.54, 1.807) is 6.92 Å². The fraction of sp³-hybridized carbons (Fsp3) is 0.833. The molecular formula is C6H11FN2O. The number of rotatable bonds is 1. The minimum absolute atomic E-state index is 0.158. The number of alkyl halides is 1. The van der Waals surface area contributed by atoms with E-state index in [0.717, 1.165) is 0 Å². The summed E-state index contributed by atoms with van der Waals surface area (Å²) in [7, 11) is 0. The number of carbonyl (C=O) groups excluding carboxylic acids is 1. The molecule has 0 unspecified atom stereocenters. The number of nitrogens with zero attached hydrogens (tertiary/aromatic N) is 1. The zero-order valence-corrected chi connectivity index (χ0v) is 5.88. The zero-order chi connectivity index (χ0) is 7.72. The summed E-state index contributed by atoms with van der Waals surface area (Å²) in [4.78, 5) is 12.3. The van der Waals surface area contributed by atoms with Crippen LogP contribution < -0.4 is 5.73 Å². The van der Waals surface area contributed by atoms with Gasteiger partial charge in [-0.3, -0.25) is 4.79 Å². The third-order valence-electron chi connectivity index (χ3n) is 1.54. The first-order valence-corrected chi connectivity index (χ1v) is 3.29. The molecule has 0 saturated carbocycles. The highest BCUT2D eigenvalue weighted by Crippen LogP contribution is 2.11. The zero-order valence-electron chi connectivity index (χ0n) is 5.88. The summed E-state index contributed by atoms with van der Waals surface area (Å²) in [5.41, 5.74) is 5.28. The van der Waals surface area contributed by atoms with Crippen LogP contribution in [0, 0.1) is 0 Å². The molecule has 0 radical (unpaired) electrons. The predicted molar refractivity (Wildman–Crippen MR) is 35.1 cm³/mol. The van der Waals surface area contributed by atoms with Crippen molar-refractivity contribution in [3.63, 3.8) is 0 Å². The number of carbonyl (C=O) groups is 1. The van der Waals surface area contributed by atoms with Crippen LogP contribution in [0.1, 0.15) is 6.92 Å². The first kappa shape index (κ1) is 7.47. The molecule has 0 bridgehead atoms. The van der Waals surface area contributed by atoms with E-state index < -0.39 is 12.2 Å². The maximum atomic E-state index is 12.2. The molecule has 1 amide bonds. The molecule has 1 heterocycles. The van der Waals surface area contributed by atoms with Crippen LogP contribution in [0.2, 0.25) is 0 Å². The van der Waals surface area contributed by atoms with Crippen molar-refractivity contribution in [1.82, 2.24) is 4.90 Å². The van der Waals surface area contributed by atoms with Gasteiger partial charge in [0.25, 0.3) is 0 Å². The van der Waals surface area contributed by atoms with Crippen molar-refractivity contribution in [3.05, 3.63) is 0 Å². The SMILES string of the molecule is C[C@@H](N)C(=O)N1CC(F)C1. The van der Waals surface area contributed by atoms with Gasteiger partial charge in [0.05, 0.1) is 19.1 Å². The van der Waals surface area contributed by atoms with Crippen molar-refractivity contribution in [2.24, 2.45) is 5.73 Å². The standard InChI is InChI=1S/C6H11FN2O/c1-4(8)6(10)9-2-5(7)3-9/h4-5H,2-3,8H2,1H3/t4-/m1/s1. The average Bonchev–Trinajstić information content (AvgIpc) is 1.79. The average molecular weight is 146 g/mol. The molecule has 10 heavy (non-hydrogen) atoms. The number of halogens is 1. The molecule has 0 aromatic carbocycles. The monoisotopic (exact) mass is 146 g/mol. The predicted octanol–water partition coefficient (Wildman–Crippen LogP) is -0.486. The van der Waals surface area contributed by atoms with Crippen molar-refractivity contribution in [1.29, 1.82) is 0 Å². The van der Waals surface area contributed by atoms with E-state index in [1.807, 2.05) is 0 Å². The van der Waals surface area contributed by atoms with Crippen LogP contribution in [0.4, 0.5) is 4.39 Å². The number of hydrogen-bond acceptors (Lipinski definition) is 2. The molecule has 1 saturated heterocycles. The van der Waals surface area contributed by atoms with Crippen molar-refractivity contribution >= 4 is 5.91 Å². The lowest BCUT2D eigenvalue weighted by Crippen LogP contribution is -2.55. The van der Waals surface area contributed by atoms with Crippen LogP contribution in [0.5, 0.6) is 0 Å². The van der Waals surface area contributed by atoms with Crippen LogP contribution in [0.3, 0.4) is 0 Å². The van der Waals surface area contributed by atoms with E-state index in [4.69, 9.17) is 5.73 Å². The Balaban J connectivity index is 2.31. The van der Waals surface area contributed by atoms with Gasteiger partial charge in [-0.25, -0.2) is 4.39 Å². The Morgan fingerprint density at radius 3 is 2.60 bits per heavy atom. The summed E-state index contributed by atoms with van der Waals surface area (Å²) in [6.07, 6.45) is -0.831. The normalized spacial score (nSPS) is 22.1. The van der Waals surface area contributed by atoms with Gasteiger partial charge in [-0.15, -0.1) is 0 Å². The molecule has 1 aliphatic rings. The second kappa shape index (κ2) is 2.54. The molecule has 0 aromatic rings. The van der Waals surface area contributed by atoms with Gasteiger partial charge in [-0.05, 0) is 6.92 Å². The lowest BCUT2D eigenvalue weighted by atomic mass is 10.1. The molecule has 0 spiro atoms. The van der Waals surface area contributed by atoms with E-state index in [-0.39, 0.29) is 19.0 Å². The molecular weight excluding hydrogens is 135 g/mol. The minimum atomic E-state index is -0.831. The Kier molecular flexibility index (Phi) is 1.89. The van der Waals surface area contributed by atoms with Crippen LogP contribution in [-0.2, 0) is 4.79 Å². The molecule has 1 fully saturated rings. The third kappa shape index (κ3) is 1.26. The summed E-state index contributed by atoms with van der Waals surface area (Å²) in [5.74, 6) is -0.158. The summed E-state index contributed by atoms with van der Waals surface area (Å²) in [6.45, 7) is 2.05. The van der Waals surface area contributed by atoms with Gasteiger partial charge >= 0.3 is 0 Å². The number of likely N-dealkylation sites (tertiary alicyclic amines) is 1. The Morgan fingerprint density at radius 1 is 1.80 bits per heavy atom. The van der Waals surface area contributed by atoms with E-state index in [2.05, 4.69) is 0 Å². The highest BCUT2D eigenvalue weighted by molar-refractivity contribution is 5.81. The lowest BCUT2D eigenvalue weighted by Gasteiger charge is -2.35. The van der Waals surface area contributed by atoms with Gasteiger partial charge in [0, 0.05) is 0 Å². The summed E-state index contributed by atoms with van der Waals surface area (Å²) >= 11 is 0. The first-order valence-electron chi connectivity index (χ1n) is 3.29. The van der Waals surface area contributed by atoms with Gasteiger partial charge in [-0.1, -0.05) is 0 Å². The first-order chi connectivity index (χ1) is 4.61. The highest BCUT2D eigenvalue weighted by atomic mass is 19.1. The Bertz CT molecular complexity index is 143. The van der Waals surface area contributed by atoms with Crippen LogP contribution >= 0.6 is 0 Å². The van der Waals surface area contributed by atoms with Crippen molar-refractivity contribution in [2.45, 2.75) is 19.1 Å².